The molecule has 0 aliphatic rings. The zero-order valence-electron chi connectivity index (χ0n) is 15.8. The number of methoxy groups -OCH3 is 1. The van der Waals surface area contributed by atoms with Crippen molar-refractivity contribution in [2.24, 2.45) is 0 Å². The van der Waals surface area contributed by atoms with Crippen LogP contribution in [0.5, 0.6) is 17.2 Å². The first-order valence-electron chi connectivity index (χ1n) is 9.04. The Morgan fingerprint density at radius 3 is 2.43 bits per heavy atom. The van der Waals surface area contributed by atoms with Gasteiger partial charge in [-0.15, -0.1) is 0 Å². The molecule has 28 heavy (non-hydrogen) atoms. The standard InChI is InChI=1S/C21H25NO6/c1-26-18-8-7-16(11-12-22-20(23)9-10-21(24)25)15-19(18)28-14-13-27-17-5-3-2-4-6-17/h2-8,15H,9-14H2,1H3,(H,22,23)(H,24,25). The van der Waals surface area contributed by atoms with Crippen molar-refractivity contribution in [1.82, 2.24) is 5.32 Å². The van der Waals surface area contributed by atoms with E-state index in [1.54, 1.807) is 7.11 Å². The van der Waals surface area contributed by atoms with Gasteiger partial charge in [-0.1, -0.05) is 24.3 Å². The van der Waals surface area contributed by atoms with Crippen LogP contribution in [0.2, 0.25) is 0 Å². The molecule has 0 saturated heterocycles. The normalized spacial score (nSPS) is 10.2. The highest BCUT2D eigenvalue weighted by Gasteiger charge is 2.08. The molecule has 2 N–H and O–H groups in total. The molecule has 0 saturated carbocycles. The van der Waals surface area contributed by atoms with Gasteiger partial charge in [0.2, 0.25) is 5.91 Å². The molecular weight excluding hydrogens is 362 g/mol. The van der Waals surface area contributed by atoms with Crippen LogP contribution in [0.25, 0.3) is 0 Å². The molecule has 2 aromatic carbocycles. The van der Waals surface area contributed by atoms with Crippen molar-refractivity contribution in [3.8, 4) is 17.2 Å². The Kier molecular flexibility index (Phi) is 8.65. The summed E-state index contributed by atoms with van der Waals surface area (Å²) in [7, 11) is 1.57. The summed E-state index contributed by atoms with van der Waals surface area (Å²) in [6, 6.07) is 15.1. The number of carbonyl (C=O) groups is 2. The average molecular weight is 387 g/mol. The number of ether oxygens (including phenoxy) is 3. The average Bonchev–Trinajstić information content (AvgIpc) is 2.70. The van der Waals surface area contributed by atoms with Crippen molar-refractivity contribution >= 4 is 11.9 Å². The third-order valence-electron chi connectivity index (χ3n) is 3.88. The first-order valence-corrected chi connectivity index (χ1v) is 9.04. The fraction of sp³-hybridized carbons (Fsp3) is 0.333. The largest absolute Gasteiger partial charge is 0.493 e. The molecule has 0 aliphatic carbocycles. The maximum absolute atomic E-state index is 11.6. The zero-order valence-corrected chi connectivity index (χ0v) is 15.8. The van der Waals surface area contributed by atoms with Gasteiger partial charge in [0.25, 0.3) is 0 Å². The Morgan fingerprint density at radius 1 is 0.964 bits per heavy atom. The second kappa shape index (κ2) is 11.5. The minimum absolute atomic E-state index is 0.0201. The number of hydrogen-bond donors (Lipinski definition) is 2. The van der Waals surface area contributed by atoms with Crippen LogP contribution in [0.3, 0.4) is 0 Å². The highest BCUT2D eigenvalue weighted by Crippen LogP contribution is 2.28. The third-order valence-corrected chi connectivity index (χ3v) is 3.88. The van der Waals surface area contributed by atoms with Gasteiger partial charge in [-0.25, -0.2) is 0 Å². The molecule has 0 aliphatic heterocycles. The highest BCUT2D eigenvalue weighted by molar-refractivity contribution is 5.80. The van der Waals surface area contributed by atoms with Gasteiger partial charge in [0.05, 0.1) is 13.5 Å². The Balaban J connectivity index is 1.79. The molecule has 0 unspecified atom stereocenters. The lowest BCUT2D eigenvalue weighted by atomic mass is 10.1. The van der Waals surface area contributed by atoms with E-state index in [1.807, 2.05) is 48.5 Å². The van der Waals surface area contributed by atoms with E-state index < -0.39 is 5.97 Å². The summed E-state index contributed by atoms with van der Waals surface area (Å²) in [6.45, 7) is 1.18. The van der Waals surface area contributed by atoms with E-state index in [9.17, 15) is 9.59 Å². The van der Waals surface area contributed by atoms with Gasteiger partial charge in [0.15, 0.2) is 11.5 Å². The van der Waals surface area contributed by atoms with Crippen LogP contribution in [-0.4, -0.2) is 43.9 Å². The highest BCUT2D eigenvalue weighted by atomic mass is 16.5. The molecule has 2 rings (SSSR count). The van der Waals surface area contributed by atoms with Gasteiger partial charge in [0, 0.05) is 13.0 Å². The van der Waals surface area contributed by atoms with Crippen LogP contribution in [-0.2, 0) is 16.0 Å². The van der Waals surface area contributed by atoms with Crippen molar-refractivity contribution < 1.29 is 28.9 Å². The lowest BCUT2D eigenvalue weighted by molar-refractivity contribution is -0.138. The predicted molar refractivity (Wildman–Crippen MR) is 104 cm³/mol. The van der Waals surface area contributed by atoms with Crippen LogP contribution in [0.15, 0.2) is 48.5 Å². The van der Waals surface area contributed by atoms with Crippen molar-refractivity contribution in [2.75, 3.05) is 26.9 Å². The monoisotopic (exact) mass is 387 g/mol. The van der Waals surface area contributed by atoms with Gasteiger partial charge < -0.3 is 24.6 Å². The smallest absolute Gasteiger partial charge is 0.303 e. The lowest BCUT2D eigenvalue weighted by Crippen LogP contribution is -2.26. The molecule has 0 aromatic heterocycles. The van der Waals surface area contributed by atoms with E-state index in [2.05, 4.69) is 5.32 Å². The Hall–Kier alpha value is -3.22. The van der Waals surface area contributed by atoms with E-state index >= 15 is 0 Å². The number of amides is 1. The lowest BCUT2D eigenvalue weighted by Gasteiger charge is -2.13. The van der Waals surface area contributed by atoms with Crippen LogP contribution in [0, 0.1) is 0 Å². The molecule has 0 fully saturated rings. The first kappa shape index (κ1) is 21.1. The van der Waals surface area contributed by atoms with E-state index in [1.165, 1.54) is 0 Å². The predicted octanol–water partition coefficient (Wildman–Crippen LogP) is 2.68. The maximum Gasteiger partial charge on any atom is 0.303 e. The van der Waals surface area contributed by atoms with Crippen molar-refractivity contribution in [3.05, 3.63) is 54.1 Å². The molecule has 0 spiro atoms. The van der Waals surface area contributed by atoms with Crippen molar-refractivity contribution in [2.45, 2.75) is 19.3 Å². The number of carboxylic acid groups (broad SMARTS) is 1. The number of aliphatic carboxylic acids is 1. The third kappa shape index (κ3) is 7.57. The summed E-state index contributed by atoms with van der Waals surface area (Å²) in [5.74, 6) is 0.752. The van der Waals surface area contributed by atoms with E-state index in [-0.39, 0.29) is 18.7 Å². The summed E-state index contributed by atoms with van der Waals surface area (Å²) in [5, 5.41) is 11.3. The minimum atomic E-state index is -0.983. The SMILES string of the molecule is COc1ccc(CCNC(=O)CCC(=O)O)cc1OCCOc1ccccc1. The number of para-hydroxylation sites is 1. The van der Waals surface area contributed by atoms with Crippen LogP contribution in [0.1, 0.15) is 18.4 Å². The van der Waals surface area contributed by atoms with E-state index in [4.69, 9.17) is 19.3 Å². The second-order valence-electron chi connectivity index (χ2n) is 5.99. The quantitative estimate of drug-likeness (QED) is 0.544. The Bertz CT molecular complexity index is 763. The fourth-order valence-corrected chi connectivity index (χ4v) is 2.47. The molecule has 0 atom stereocenters. The van der Waals surface area contributed by atoms with Gasteiger partial charge in [-0.2, -0.15) is 0 Å². The molecule has 7 heteroatoms. The van der Waals surface area contributed by atoms with Gasteiger partial charge in [0.1, 0.15) is 19.0 Å². The maximum atomic E-state index is 11.6. The Morgan fingerprint density at radius 2 is 1.71 bits per heavy atom. The number of hydrogen-bond acceptors (Lipinski definition) is 5. The molecule has 0 bridgehead atoms. The molecule has 2 aromatic rings. The van der Waals surface area contributed by atoms with Gasteiger partial charge in [-0.05, 0) is 36.2 Å². The number of carbonyl (C=O) groups excluding carboxylic acids is 1. The van der Waals surface area contributed by atoms with Gasteiger partial charge in [-0.3, -0.25) is 9.59 Å². The summed E-state index contributed by atoms with van der Waals surface area (Å²) in [6.07, 6.45) is 0.408. The zero-order chi connectivity index (χ0) is 20.2. The van der Waals surface area contributed by atoms with Crippen molar-refractivity contribution in [1.29, 1.82) is 0 Å². The van der Waals surface area contributed by atoms with E-state index in [0.717, 1.165) is 11.3 Å². The molecular formula is C21H25NO6. The molecule has 0 heterocycles. The topological polar surface area (TPSA) is 94.1 Å². The number of benzene rings is 2. The second-order valence-corrected chi connectivity index (χ2v) is 5.99. The van der Waals surface area contributed by atoms with Crippen LogP contribution in [0.4, 0.5) is 0 Å². The number of carboxylic acids is 1. The molecule has 7 nitrogen and oxygen atoms in total. The number of nitrogens with one attached hydrogen (secondary N) is 1. The summed E-state index contributed by atoms with van der Waals surface area (Å²) >= 11 is 0. The summed E-state index contributed by atoms with van der Waals surface area (Å²) < 4.78 is 16.7. The van der Waals surface area contributed by atoms with Crippen LogP contribution >= 0.6 is 0 Å². The molecule has 0 radical (unpaired) electrons. The van der Waals surface area contributed by atoms with Gasteiger partial charge >= 0.3 is 5.97 Å². The fourth-order valence-electron chi connectivity index (χ4n) is 2.47. The summed E-state index contributed by atoms with van der Waals surface area (Å²) in [4.78, 5) is 22.0. The number of rotatable bonds is 12. The van der Waals surface area contributed by atoms with E-state index in [0.29, 0.717) is 37.7 Å². The molecule has 150 valence electrons. The Labute approximate surface area is 164 Å². The molecule has 1 amide bonds. The van der Waals surface area contributed by atoms with Crippen LogP contribution < -0.4 is 19.5 Å². The van der Waals surface area contributed by atoms with Crippen molar-refractivity contribution in [3.63, 3.8) is 0 Å². The minimum Gasteiger partial charge on any atom is -0.493 e. The summed E-state index contributed by atoms with van der Waals surface area (Å²) in [5.41, 5.74) is 0.971. The first-order chi connectivity index (χ1) is 13.6.